The van der Waals surface area contributed by atoms with Crippen molar-refractivity contribution in [2.45, 2.75) is 19.9 Å². The quantitative estimate of drug-likeness (QED) is 0.564. The third kappa shape index (κ3) is 4.25. The highest BCUT2D eigenvalue weighted by atomic mass is 79.9. The summed E-state index contributed by atoms with van der Waals surface area (Å²) in [5, 5.41) is 9.60. The Bertz CT molecular complexity index is 1010. The SMILES string of the molecule is Cc1cccc(-c2n[nH]c(=S)n2CCC(=O)Nc2ccc(Br)cc2F)c1. The summed E-state index contributed by atoms with van der Waals surface area (Å²) >= 11 is 8.45. The molecular weight excluding hydrogens is 419 g/mol. The zero-order chi connectivity index (χ0) is 18.7. The first kappa shape index (κ1) is 18.5. The van der Waals surface area contributed by atoms with E-state index in [1.54, 1.807) is 10.6 Å². The van der Waals surface area contributed by atoms with E-state index in [4.69, 9.17) is 12.2 Å². The summed E-state index contributed by atoms with van der Waals surface area (Å²) in [4.78, 5) is 12.2. The number of amides is 1. The Morgan fingerprint density at radius 3 is 2.88 bits per heavy atom. The molecule has 3 aromatic rings. The predicted octanol–water partition coefficient (Wildman–Crippen LogP) is 4.85. The Morgan fingerprint density at radius 1 is 1.35 bits per heavy atom. The smallest absolute Gasteiger partial charge is 0.226 e. The van der Waals surface area contributed by atoms with Gasteiger partial charge in [-0.15, -0.1) is 0 Å². The van der Waals surface area contributed by atoms with Crippen LogP contribution in [0.4, 0.5) is 10.1 Å². The molecule has 0 spiro atoms. The minimum atomic E-state index is -0.493. The molecule has 26 heavy (non-hydrogen) atoms. The van der Waals surface area contributed by atoms with Crippen molar-refractivity contribution in [2.24, 2.45) is 0 Å². The number of aryl methyl sites for hydroxylation is 1. The Labute approximate surface area is 163 Å². The highest BCUT2D eigenvalue weighted by Gasteiger charge is 2.12. The van der Waals surface area contributed by atoms with Gasteiger partial charge in [-0.25, -0.2) is 4.39 Å². The first-order valence-electron chi connectivity index (χ1n) is 7.91. The molecule has 0 saturated heterocycles. The number of rotatable bonds is 5. The molecule has 1 heterocycles. The fraction of sp³-hybridized carbons (Fsp3) is 0.167. The highest BCUT2D eigenvalue weighted by Crippen LogP contribution is 2.21. The molecule has 0 atom stereocenters. The van der Waals surface area contributed by atoms with E-state index in [0.29, 0.717) is 21.6 Å². The van der Waals surface area contributed by atoms with Gasteiger partial charge in [-0.05, 0) is 43.4 Å². The van der Waals surface area contributed by atoms with Crippen molar-refractivity contribution in [3.63, 3.8) is 0 Å². The van der Waals surface area contributed by atoms with Gasteiger partial charge in [-0.3, -0.25) is 14.5 Å². The maximum Gasteiger partial charge on any atom is 0.226 e. The summed E-state index contributed by atoms with van der Waals surface area (Å²) in [7, 11) is 0. The lowest BCUT2D eigenvalue weighted by atomic mass is 10.1. The molecule has 0 unspecified atom stereocenters. The number of nitrogens with one attached hydrogen (secondary N) is 2. The molecule has 1 aromatic heterocycles. The fourth-order valence-electron chi connectivity index (χ4n) is 2.55. The molecule has 2 N–H and O–H groups in total. The van der Waals surface area contributed by atoms with Crippen LogP contribution in [0.3, 0.4) is 0 Å². The van der Waals surface area contributed by atoms with Crippen LogP contribution in [0.15, 0.2) is 46.9 Å². The third-order valence-electron chi connectivity index (χ3n) is 3.80. The first-order valence-corrected chi connectivity index (χ1v) is 9.11. The van der Waals surface area contributed by atoms with Gasteiger partial charge in [0.25, 0.3) is 0 Å². The number of carbonyl (C=O) groups is 1. The van der Waals surface area contributed by atoms with Gasteiger partial charge >= 0.3 is 0 Å². The van der Waals surface area contributed by atoms with E-state index in [2.05, 4.69) is 31.4 Å². The van der Waals surface area contributed by atoms with Crippen LogP contribution in [0.25, 0.3) is 11.4 Å². The minimum absolute atomic E-state index is 0.141. The molecule has 0 aliphatic heterocycles. The number of nitrogens with zero attached hydrogens (tertiary/aromatic N) is 2. The van der Waals surface area contributed by atoms with Gasteiger partial charge in [0.1, 0.15) is 5.82 Å². The van der Waals surface area contributed by atoms with E-state index < -0.39 is 5.82 Å². The molecule has 0 radical (unpaired) electrons. The third-order valence-corrected chi connectivity index (χ3v) is 4.61. The maximum absolute atomic E-state index is 13.8. The average molecular weight is 435 g/mol. The Balaban J connectivity index is 1.73. The van der Waals surface area contributed by atoms with Gasteiger partial charge in [0.05, 0.1) is 5.69 Å². The van der Waals surface area contributed by atoms with Crippen molar-refractivity contribution >= 4 is 39.7 Å². The average Bonchev–Trinajstić information content (AvgIpc) is 2.96. The summed E-state index contributed by atoms with van der Waals surface area (Å²) in [5.41, 5.74) is 2.16. The van der Waals surface area contributed by atoms with E-state index in [9.17, 15) is 9.18 Å². The van der Waals surface area contributed by atoms with Crippen molar-refractivity contribution in [2.75, 3.05) is 5.32 Å². The van der Waals surface area contributed by atoms with E-state index in [-0.39, 0.29) is 18.0 Å². The second kappa shape index (κ2) is 7.92. The number of hydrogen-bond donors (Lipinski definition) is 2. The van der Waals surface area contributed by atoms with Crippen molar-refractivity contribution in [1.29, 1.82) is 0 Å². The molecule has 0 saturated carbocycles. The number of hydrogen-bond acceptors (Lipinski definition) is 3. The second-order valence-electron chi connectivity index (χ2n) is 5.80. The number of halogens is 2. The van der Waals surface area contributed by atoms with Crippen molar-refractivity contribution in [3.8, 4) is 11.4 Å². The van der Waals surface area contributed by atoms with Crippen LogP contribution in [0, 0.1) is 17.5 Å². The van der Waals surface area contributed by atoms with Gasteiger partial charge in [0.2, 0.25) is 5.91 Å². The Morgan fingerprint density at radius 2 is 2.15 bits per heavy atom. The van der Waals surface area contributed by atoms with Crippen molar-refractivity contribution in [1.82, 2.24) is 14.8 Å². The van der Waals surface area contributed by atoms with Crippen LogP contribution in [0.5, 0.6) is 0 Å². The number of H-pyrrole nitrogens is 1. The van der Waals surface area contributed by atoms with Gasteiger partial charge < -0.3 is 5.32 Å². The van der Waals surface area contributed by atoms with Crippen molar-refractivity contribution in [3.05, 3.63) is 63.1 Å². The molecule has 134 valence electrons. The van der Waals surface area contributed by atoms with Crippen LogP contribution < -0.4 is 5.32 Å². The number of carbonyl (C=O) groups excluding carboxylic acids is 1. The van der Waals surface area contributed by atoms with Gasteiger partial charge in [0, 0.05) is 23.0 Å². The topological polar surface area (TPSA) is 62.7 Å². The molecule has 1 amide bonds. The standard InChI is InChI=1S/C18H16BrFN4OS/c1-11-3-2-4-12(9-11)17-22-23-18(26)24(17)8-7-16(25)21-15-6-5-13(19)10-14(15)20/h2-6,9-10H,7-8H2,1H3,(H,21,25)(H,23,26). The van der Waals surface area contributed by atoms with Crippen molar-refractivity contribution < 1.29 is 9.18 Å². The molecule has 5 nitrogen and oxygen atoms in total. The highest BCUT2D eigenvalue weighted by molar-refractivity contribution is 9.10. The first-order chi connectivity index (χ1) is 12.4. The van der Waals surface area contributed by atoms with Gasteiger partial charge in [-0.1, -0.05) is 39.7 Å². The molecule has 3 rings (SSSR count). The summed E-state index contributed by atoms with van der Waals surface area (Å²) in [5.74, 6) is -0.126. The summed E-state index contributed by atoms with van der Waals surface area (Å²) in [6, 6.07) is 12.4. The number of aromatic nitrogens is 3. The molecule has 8 heteroatoms. The van der Waals surface area contributed by atoms with E-state index in [0.717, 1.165) is 11.1 Å². The number of anilines is 1. The lowest BCUT2D eigenvalue weighted by molar-refractivity contribution is -0.116. The zero-order valence-corrected chi connectivity index (χ0v) is 16.3. The summed E-state index contributed by atoms with van der Waals surface area (Å²) in [6.07, 6.45) is 0.141. The minimum Gasteiger partial charge on any atom is -0.324 e. The van der Waals surface area contributed by atoms with Crippen LogP contribution in [0.2, 0.25) is 0 Å². The normalized spacial score (nSPS) is 10.7. The maximum atomic E-state index is 13.8. The molecule has 0 aliphatic carbocycles. The molecule has 0 bridgehead atoms. The lowest BCUT2D eigenvalue weighted by Crippen LogP contribution is -2.16. The van der Waals surface area contributed by atoms with Crippen LogP contribution >= 0.6 is 28.1 Å². The Kier molecular flexibility index (Phi) is 5.63. The number of benzene rings is 2. The summed E-state index contributed by atoms with van der Waals surface area (Å²) in [6.45, 7) is 2.33. The van der Waals surface area contributed by atoms with Crippen LogP contribution in [0.1, 0.15) is 12.0 Å². The monoisotopic (exact) mass is 434 g/mol. The van der Waals surface area contributed by atoms with E-state index >= 15 is 0 Å². The molecule has 0 aliphatic rings. The Hall–Kier alpha value is -2.32. The van der Waals surface area contributed by atoms with Crippen LogP contribution in [-0.2, 0) is 11.3 Å². The van der Waals surface area contributed by atoms with E-state index in [1.165, 1.54) is 12.1 Å². The molecule has 2 aromatic carbocycles. The lowest BCUT2D eigenvalue weighted by Gasteiger charge is -2.09. The fourth-order valence-corrected chi connectivity index (χ4v) is 3.10. The van der Waals surface area contributed by atoms with Gasteiger partial charge in [-0.2, -0.15) is 5.10 Å². The molecular formula is C18H16BrFN4OS. The predicted molar refractivity (Wildman–Crippen MR) is 105 cm³/mol. The largest absolute Gasteiger partial charge is 0.324 e. The molecule has 0 fully saturated rings. The number of aromatic amines is 1. The van der Waals surface area contributed by atoms with Crippen LogP contribution in [-0.4, -0.2) is 20.7 Å². The zero-order valence-electron chi connectivity index (χ0n) is 13.9. The second-order valence-corrected chi connectivity index (χ2v) is 7.10. The van der Waals surface area contributed by atoms with Gasteiger partial charge in [0.15, 0.2) is 10.6 Å². The van der Waals surface area contributed by atoms with E-state index in [1.807, 2.05) is 31.2 Å². The summed E-state index contributed by atoms with van der Waals surface area (Å²) < 4.78 is 16.6.